The number of hydrogen-bond acceptors (Lipinski definition) is 1. The van der Waals surface area contributed by atoms with Gasteiger partial charge in [0.1, 0.15) is 0 Å². The predicted molar refractivity (Wildman–Crippen MR) is 72.0 cm³/mol. The Hall–Kier alpha value is -1.02. The van der Waals surface area contributed by atoms with Crippen LogP contribution in [0.4, 0.5) is 0 Å². The van der Waals surface area contributed by atoms with Crippen LogP contribution in [0.25, 0.3) is 11.1 Å². The molecule has 0 amide bonds. The number of rotatable bonds is 2. The van der Waals surface area contributed by atoms with E-state index in [1.54, 1.807) is 0 Å². The number of benzene rings is 2. The maximum atomic E-state index is 6.19. The summed E-state index contributed by atoms with van der Waals surface area (Å²) in [6.07, 6.45) is 0. The molecule has 0 saturated heterocycles. The zero-order valence-corrected chi connectivity index (χ0v) is 10.3. The van der Waals surface area contributed by atoms with Crippen molar-refractivity contribution < 1.29 is 0 Å². The van der Waals surface area contributed by atoms with Gasteiger partial charge in [0.2, 0.25) is 0 Å². The first-order valence-corrected chi connectivity index (χ1v) is 5.23. The van der Waals surface area contributed by atoms with Crippen molar-refractivity contribution in [3.63, 3.8) is 0 Å². The standard InChI is InChI=1S/C13H12ClN.ClH/c14-13-8-10(9-15)6-7-12(13)11-4-2-1-3-5-11;/h1-8H,9,15H2;1H. The van der Waals surface area contributed by atoms with Crippen LogP contribution in [-0.2, 0) is 6.54 Å². The normalized spacial score (nSPS) is 9.62. The van der Waals surface area contributed by atoms with E-state index >= 15 is 0 Å². The van der Waals surface area contributed by atoms with Crippen LogP contribution < -0.4 is 5.73 Å². The van der Waals surface area contributed by atoms with Crippen LogP contribution in [-0.4, -0.2) is 0 Å². The molecular weight excluding hydrogens is 241 g/mol. The number of nitrogens with two attached hydrogens (primary N) is 1. The highest BCUT2D eigenvalue weighted by Crippen LogP contribution is 2.28. The quantitative estimate of drug-likeness (QED) is 0.864. The molecule has 0 radical (unpaired) electrons. The Morgan fingerprint density at radius 3 is 2.25 bits per heavy atom. The summed E-state index contributed by atoms with van der Waals surface area (Å²) in [5.41, 5.74) is 8.79. The van der Waals surface area contributed by atoms with Gasteiger partial charge in [-0.3, -0.25) is 0 Å². The van der Waals surface area contributed by atoms with Crippen molar-refractivity contribution >= 4 is 24.0 Å². The maximum absolute atomic E-state index is 6.19. The lowest BCUT2D eigenvalue weighted by molar-refractivity contribution is 1.07. The van der Waals surface area contributed by atoms with Crippen LogP contribution in [0.2, 0.25) is 5.02 Å². The van der Waals surface area contributed by atoms with Crippen molar-refractivity contribution in [3.05, 3.63) is 59.1 Å². The Morgan fingerprint density at radius 2 is 1.69 bits per heavy atom. The molecule has 2 aromatic carbocycles. The highest BCUT2D eigenvalue weighted by atomic mass is 35.5. The van der Waals surface area contributed by atoms with Gasteiger partial charge in [-0.05, 0) is 17.2 Å². The van der Waals surface area contributed by atoms with Crippen molar-refractivity contribution in [2.24, 2.45) is 5.73 Å². The van der Waals surface area contributed by atoms with Gasteiger partial charge in [0.05, 0.1) is 0 Å². The largest absolute Gasteiger partial charge is 0.326 e. The minimum Gasteiger partial charge on any atom is -0.326 e. The Labute approximate surface area is 107 Å². The summed E-state index contributed by atoms with van der Waals surface area (Å²) in [5, 5.41) is 0.754. The lowest BCUT2D eigenvalue weighted by Gasteiger charge is -2.05. The molecule has 0 aromatic heterocycles. The molecule has 0 fully saturated rings. The van der Waals surface area contributed by atoms with Gasteiger partial charge >= 0.3 is 0 Å². The summed E-state index contributed by atoms with van der Waals surface area (Å²) in [4.78, 5) is 0. The molecule has 84 valence electrons. The van der Waals surface area contributed by atoms with Crippen molar-refractivity contribution in [3.8, 4) is 11.1 Å². The fourth-order valence-electron chi connectivity index (χ4n) is 1.54. The van der Waals surface area contributed by atoms with Crippen LogP contribution in [0.1, 0.15) is 5.56 Å². The fourth-order valence-corrected chi connectivity index (χ4v) is 1.85. The van der Waals surface area contributed by atoms with Crippen LogP contribution in [0, 0.1) is 0 Å². The predicted octanol–water partition coefficient (Wildman–Crippen LogP) is 3.89. The van der Waals surface area contributed by atoms with Gasteiger partial charge in [0.15, 0.2) is 0 Å². The third kappa shape index (κ3) is 2.76. The summed E-state index contributed by atoms with van der Waals surface area (Å²) in [7, 11) is 0. The smallest absolute Gasteiger partial charge is 0.0487 e. The SMILES string of the molecule is Cl.NCc1ccc(-c2ccccc2)c(Cl)c1. The molecule has 2 rings (SSSR count). The van der Waals surface area contributed by atoms with Crippen LogP contribution >= 0.6 is 24.0 Å². The molecule has 0 aliphatic carbocycles. The van der Waals surface area contributed by atoms with Gasteiger partial charge in [-0.15, -0.1) is 12.4 Å². The van der Waals surface area contributed by atoms with Gasteiger partial charge in [-0.2, -0.15) is 0 Å². The van der Waals surface area contributed by atoms with Crippen molar-refractivity contribution in [2.75, 3.05) is 0 Å². The molecule has 2 aromatic rings. The second-order valence-corrected chi connectivity index (χ2v) is 3.79. The highest BCUT2D eigenvalue weighted by molar-refractivity contribution is 6.33. The Morgan fingerprint density at radius 1 is 1.00 bits per heavy atom. The van der Waals surface area contributed by atoms with Gasteiger partial charge in [-0.25, -0.2) is 0 Å². The third-order valence-corrected chi connectivity index (χ3v) is 2.67. The van der Waals surface area contributed by atoms with Crippen molar-refractivity contribution in [1.29, 1.82) is 0 Å². The molecule has 1 nitrogen and oxygen atoms in total. The molecule has 0 unspecified atom stereocenters. The number of hydrogen-bond donors (Lipinski definition) is 1. The van der Waals surface area contributed by atoms with E-state index in [2.05, 4.69) is 0 Å². The van der Waals surface area contributed by atoms with E-state index in [0.29, 0.717) is 6.54 Å². The molecule has 16 heavy (non-hydrogen) atoms. The molecule has 3 heteroatoms. The van der Waals surface area contributed by atoms with Gasteiger partial charge in [0.25, 0.3) is 0 Å². The third-order valence-electron chi connectivity index (χ3n) is 2.35. The molecule has 0 heterocycles. The van der Waals surface area contributed by atoms with E-state index in [4.69, 9.17) is 17.3 Å². The van der Waals surface area contributed by atoms with Gasteiger partial charge < -0.3 is 5.73 Å². The van der Waals surface area contributed by atoms with Crippen LogP contribution in [0.3, 0.4) is 0 Å². The lowest BCUT2D eigenvalue weighted by Crippen LogP contribution is -1.95. The van der Waals surface area contributed by atoms with E-state index in [1.165, 1.54) is 0 Å². The topological polar surface area (TPSA) is 26.0 Å². The van der Waals surface area contributed by atoms with Crippen molar-refractivity contribution in [1.82, 2.24) is 0 Å². The first-order valence-electron chi connectivity index (χ1n) is 4.85. The molecule has 2 N–H and O–H groups in total. The van der Waals surface area contributed by atoms with E-state index in [0.717, 1.165) is 21.7 Å². The monoisotopic (exact) mass is 253 g/mol. The zero-order valence-electron chi connectivity index (χ0n) is 8.69. The van der Waals surface area contributed by atoms with E-state index < -0.39 is 0 Å². The average molecular weight is 254 g/mol. The lowest BCUT2D eigenvalue weighted by atomic mass is 10.0. The molecular formula is C13H13Cl2N. The summed E-state index contributed by atoms with van der Waals surface area (Å²) >= 11 is 6.19. The zero-order chi connectivity index (χ0) is 10.7. The van der Waals surface area contributed by atoms with E-state index in [1.807, 2.05) is 48.5 Å². The molecule has 0 aliphatic rings. The second kappa shape index (κ2) is 5.90. The summed E-state index contributed by atoms with van der Waals surface area (Å²) in [6, 6.07) is 16.0. The number of halogens is 2. The molecule has 0 aliphatic heterocycles. The summed E-state index contributed by atoms with van der Waals surface area (Å²) < 4.78 is 0. The minimum absolute atomic E-state index is 0. The molecule has 0 atom stereocenters. The van der Waals surface area contributed by atoms with Gasteiger partial charge in [-0.1, -0.05) is 54.1 Å². The Balaban J connectivity index is 0.00000128. The maximum Gasteiger partial charge on any atom is 0.0487 e. The first-order chi connectivity index (χ1) is 7.31. The highest BCUT2D eigenvalue weighted by Gasteiger charge is 2.02. The Kier molecular flexibility index (Phi) is 4.81. The van der Waals surface area contributed by atoms with E-state index in [-0.39, 0.29) is 12.4 Å². The summed E-state index contributed by atoms with van der Waals surface area (Å²) in [6.45, 7) is 0.523. The Bertz CT molecular complexity index is 455. The van der Waals surface area contributed by atoms with Crippen molar-refractivity contribution in [2.45, 2.75) is 6.54 Å². The molecule has 0 spiro atoms. The van der Waals surface area contributed by atoms with Gasteiger partial charge in [0, 0.05) is 17.1 Å². The van der Waals surface area contributed by atoms with E-state index in [9.17, 15) is 0 Å². The minimum atomic E-state index is 0. The second-order valence-electron chi connectivity index (χ2n) is 3.38. The fraction of sp³-hybridized carbons (Fsp3) is 0.0769. The van der Waals surface area contributed by atoms with Crippen LogP contribution in [0.15, 0.2) is 48.5 Å². The first kappa shape index (κ1) is 13.0. The molecule has 0 bridgehead atoms. The summed E-state index contributed by atoms with van der Waals surface area (Å²) in [5.74, 6) is 0. The molecule has 0 saturated carbocycles. The van der Waals surface area contributed by atoms with Crippen LogP contribution in [0.5, 0.6) is 0 Å². The average Bonchev–Trinajstić information content (AvgIpc) is 2.30.